The van der Waals surface area contributed by atoms with E-state index >= 15 is 0 Å². The molecule has 0 atom stereocenters. The van der Waals surface area contributed by atoms with E-state index in [0.717, 1.165) is 4.48 Å². The second-order valence-electron chi connectivity index (χ2n) is 0.994. The molecule has 7 heavy (non-hydrogen) atoms. The Bertz CT molecular complexity index is 92.3. The maximum absolute atomic E-state index is 3.26. The molecule has 0 aromatic rings. The minimum Gasteiger partial charge on any atom is -0.0865 e. The topological polar surface area (TPSA) is 0 Å². The van der Waals surface area contributed by atoms with E-state index in [2.05, 4.69) is 31.9 Å². The summed E-state index contributed by atoms with van der Waals surface area (Å²) in [6.07, 6.45) is 3.91. The van der Waals surface area contributed by atoms with Crippen LogP contribution < -0.4 is 0 Å². The van der Waals surface area contributed by atoms with Crippen molar-refractivity contribution in [2.75, 3.05) is 0 Å². The summed E-state index contributed by atoms with van der Waals surface area (Å²) < 4.78 is 1.05. The van der Waals surface area contributed by atoms with Gasteiger partial charge < -0.3 is 0 Å². The van der Waals surface area contributed by atoms with Crippen LogP contribution in [-0.2, 0) is 0 Å². The Hall–Kier alpha value is 0.440. The van der Waals surface area contributed by atoms with E-state index < -0.39 is 0 Å². The minimum atomic E-state index is 1.05. The lowest BCUT2D eigenvalue weighted by Crippen LogP contribution is -1.51. The fourth-order valence-corrected chi connectivity index (χ4v) is 0.613. The number of hydrogen-bond donors (Lipinski definition) is 0. The fourth-order valence-electron chi connectivity index (χ4n) is 0.196. The van der Waals surface area contributed by atoms with Crippen LogP contribution >= 0.6 is 31.9 Å². The highest BCUT2D eigenvalue weighted by Crippen LogP contribution is 2.07. The Morgan fingerprint density at radius 3 is 2.29 bits per heavy atom. The van der Waals surface area contributed by atoms with E-state index in [1.54, 1.807) is 0 Å². The molecule has 0 spiro atoms. The first-order valence-electron chi connectivity index (χ1n) is 1.90. The molecule has 40 valence electrons. The van der Waals surface area contributed by atoms with Crippen LogP contribution in [0.2, 0.25) is 0 Å². The smallest absolute Gasteiger partial charge is 0.0241 e. The van der Waals surface area contributed by atoms with Gasteiger partial charge in [0.25, 0.3) is 0 Å². The van der Waals surface area contributed by atoms with Crippen molar-refractivity contribution in [1.82, 2.24) is 0 Å². The van der Waals surface area contributed by atoms with Crippen molar-refractivity contribution in [2.45, 2.75) is 6.92 Å². The highest BCUT2D eigenvalue weighted by Gasteiger charge is 1.73. The normalized spacial score (nSPS) is 13.3. The van der Waals surface area contributed by atoms with E-state index in [4.69, 9.17) is 0 Å². The van der Waals surface area contributed by atoms with E-state index in [-0.39, 0.29) is 0 Å². The Balaban J connectivity index is 3.58. The molecule has 0 aliphatic carbocycles. The standard InChI is InChI=1S/C5H6Br2/c1-2-3-5(7)4-6/h2-4H,1H3/b3-2+,5-4-. The monoisotopic (exact) mass is 224 g/mol. The first-order chi connectivity index (χ1) is 3.31. The van der Waals surface area contributed by atoms with Crippen LogP contribution in [0.25, 0.3) is 0 Å². The van der Waals surface area contributed by atoms with Crippen molar-refractivity contribution in [2.24, 2.45) is 0 Å². The van der Waals surface area contributed by atoms with Crippen molar-refractivity contribution < 1.29 is 0 Å². The van der Waals surface area contributed by atoms with Crippen LogP contribution in [0.1, 0.15) is 6.92 Å². The zero-order chi connectivity index (χ0) is 5.70. The minimum absolute atomic E-state index is 1.05. The maximum Gasteiger partial charge on any atom is 0.0241 e. The molecule has 0 saturated heterocycles. The third kappa shape index (κ3) is 4.29. The van der Waals surface area contributed by atoms with Crippen LogP contribution in [0.3, 0.4) is 0 Å². The van der Waals surface area contributed by atoms with Crippen LogP contribution in [0.5, 0.6) is 0 Å². The zero-order valence-electron chi connectivity index (χ0n) is 3.99. The average Bonchev–Trinajstić information content (AvgIpc) is 1.68. The molecule has 0 amide bonds. The highest BCUT2D eigenvalue weighted by atomic mass is 79.9. The first kappa shape index (κ1) is 7.44. The van der Waals surface area contributed by atoms with Gasteiger partial charge in [0.2, 0.25) is 0 Å². The van der Waals surface area contributed by atoms with Gasteiger partial charge in [-0.3, -0.25) is 0 Å². The molecule has 0 unspecified atom stereocenters. The van der Waals surface area contributed by atoms with Crippen molar-refractivity contribution >= 4 is 31.9 Å². The summed E-state index contributed by atoms with van der Waals surface area (Å²) in [5.41, 5.74) is 0. The number of rotatable bonds is 1. The van der Waals surface area contributed by atoms with E-state index in [1.807, 2.05) is 24.1 Å². The van der Waals surface area contributed by atoms with Crippen molar-refractivity contribution in [3.8, 4) is 0 Å². The van der Waals surface area contributed by atoms with Crippen molar-refractivity contribution in [1.29, 1.82) is 0 Å². The van der Waals surface area contributed by atoms with Gasteiger partial charge in [0.1, 0.15) is 0 Å². The van der Waals surface area contributed by atoms with Gasteiger partial charge >= 0.3 is 0 Å². The quantitative estimate of drug-likeness (QED) is 0.602. The molecule has 0 N–H and O–H groups in total. The van der Waals surface area contributed by atoms with Crippen LogP contribution in [0, 0.1) is 0 Å². The maximum atomic E-state index is 3.26. The molecule has 0 aliphatic rings. The molecular weight excluding hydrogens is 220 g/mol. The number of allylic oxidation sites excluding steroid dienone is 3. The van der Waals surface area contributed by atoms with Gasteiger partial charge in [-0.2, -0.15) is 0 Å². The predicted octanol–water partition coefficient (Wildman–Crippen LogP) is 3.19. The van der Waals surface area contributed by atoms with E-state index in [1.165, 1.54) is 0 Å². The molecule has 0 aromatic carbocycles. The zero-order valence-corrected chi connectivity index (χ0v) is 7.16. The van der Waals surface area contributed by atoms with Gasteiger partial charge in [0.15, 0.2) is 0 Å². The SMILES string of the molecule is C/C=C/C(Br)=C/Br. The molecule has 0 saturated carbocycles. The number of hydrogen-bond acceptors (Lipinski definition) is 0. The second-order valence-corrected chi connectivity index (χ2v) is 2.37. The Morgan fingerprint density at radius 1 is 1.57 bits per heavy atom. The third-order valence-electron chi connectivity index (χ3n) is 0.430. The molecule has 0 heterocycles. The van der Waals surface area contributed by atoms with Crippen LogP contribution in [0.15, 0.2) is 21.6 Å². The molecule has 2 heteroatoms. The Morgan fingerprint density at radius 2 is 2.14 bits per heavy atom. The number of halogens is 2. The summed E-state index contributed by atoms with van der Waals surface area (Å²) in [5, 5.41) is 0. The summed E-state index contributed by atoms with van der Waals surface area (Å²) in [6.45, 7) is 1.97. The largest absolute Gasteiger partial charge is 0.0865 e. The summed E-state index contributed by atoms with van der Waals surface area (Å²) in [6, 6.07) is 0. The first-order valence-corrected chi connectivity index (χ1v) is 3.60. The molecule has 0 fully saturated rings. The molecule has 0 bridgehead atoms. The van der Waals surface area contributed by atoms with Crippen LogP contribution in [-0.4, -0.2) is 0 Å². The van der Waals surface area contributed by atoms with Crippen molar-refractivity contribution in [3.63, 3.8) is 0 Å². The Labute approximate surface area is 60.6 Å². The lowest BCUT2D eigenvalue weighted by molar-refractivity contribution is 1.73. The predicted molar refractivity (Wildman–Crippen MR) is 40.8 cm³/mol. The van der Waals surface area contributed by atoms with Gasteiger partial charge in [-0.05, 0) is 11.9 Å². The van der Waals surface area contributed by atoms with Gasteiger partial charge in [-0.1, -0.05) is 44.0 Å². The third-order valence-corrected chi connectivity index (χ3v) is 2.03. The summed E-state index contributed by atoms with van der Waals surface area (Å²) >= 11 is 6.42. The summed E-state index contributed by atoms with van der Waals surface area (Å²) in [7, 11) is 0. The average molecular weight is 226 g/mol. The fraction of sp³-hybridized carbons (Fsp3) is 0.200. The van der Waals surface area contributed by atoms with Gasteiger partial charge in [-0.15, -0.1) is 0 Å². The van der Waals surface area contributed by atoms with Crippen molar-refractivity contribution in [3.05, 3.63) is 21.6 Å². The van der Waals surface area contributed by atoms with Crippen LogP contribution in [0.4, 0.5) is 0 Å². The molecule has 0 aliphatic heterocycles. The van der Waals surface area contributed by atoms with Gasteiger partial charge in [-0.25, -0.2) is 0 Å². The summed E-state index contributed by atoms with van der Waals surface area (Å²) in [4.78, 5) is 1.81. The molecule has 0 radical (unpaired) electrons. The summed E-state index contributed by atoms with van der Waals surface area (Å²) in [5.74, 6) is 0. The van der Waals surface area contributed by atoms with Gasteiger partial charge in [0.05, 0.1) is 0 Å². The van der Waals surface area contributed by atoms with Gasteiger partial charge in [0, 0.05) is 4.48 Å². The molecular formula is C5H6Br2. The van der Waals surface area contributed by atoms with E-state index in [9.17, 15) is 0 Å². The molecule has 0 rings (SSSR count). The van der Waals surface area contributed by atoms with E-state index in [0.29, 0.717) is 0 Å². The molecule has 0 nitrogen and oxygen atoms in total. The second kappa shape index (κ2) is 4.60. The highest BCUT2D eigenvalue weighted by molar-refractivity contribution is 9.14. The lowest BCUT2D eigenvalue weighted by atomic mass is 10.5. The molecule has 0 aromatic heterocycles. The lowest BCUT2D eigenvalue weighted by Gasteiger charge is -1.77. The Kier molecular flexibility index (Phi) is 4.88.